The summed E-state index contributed by atoms with van der Waals surface area (Å²) >= 11 is 6.09. The van der Waals surface area contributed by atoms with Crippen molar-refractivity contribution in [1.29, 1.82) is 0 Å². The molecule has 0 saturated heterocycles. The van der Waals surface area contributed by atoms with E-state index < -0.39 is 0 Å². The maximum absolute atomic E-state index is 12.6. The molecule has 0 aliphatic rings. The van der Waals surface area contributed by atoms with Gasteiger partial charge in [0.05, 0.1) is 5.52 Å². The Morgan fingerprint density at radius 1 is 1.07 bits per heavy atom. The SMILES string of the molecule is Cc1nc(N)ccc1CNC(=O)c1cc(Cc2cnc3ccc(Cl)cc3c2)ccn1. The molecule has 0 aliphatic carbocycles. The topological polar surface area (TPSA) is 93.8 Å². The number of nitrogens with zero attached hydrogens (tertiary/aromatic N) is 3. The van der Waals surface area contributed by atoms with Gasteiger partial charge in [0, 0.05) is 35.0 Å². The first-order valence-corrected chi connectivity index (χ1v) is 9.85. The summed E-state index contributed by atoms with van der Waals surface area (Å²) < 4.78 is 0. The van der Waals surface area contributed by atoms with Crippen molar-refractivity contribution in [2.45, 2.75) is 19.9 Å². The van der Waals surface area contributed by atoms with Crippen LogP contribution in [0.1, 0.15) is 32.9 Å². The van der Waals surface area contributed by atoms with Crippen LogP contribution in [0.25, 0.3) is 10.9 Å². The number of benzene rings is 1. The lowest BCUT2D eigenvalue weighted by atomic mass is 10.0. The molecule has 6 nitrogen and oxygen atoms in total. The number of fused-ring (bicyclic) bond motifs is 1. The van der Waals surface area contributed by atoms with E-state index in [4.69, 9.17) is 17.3 Å². The second kappa shape index (κ2) is 8.47. The Morgan fingerprint density at radius 2 is 1.93 bits per heavy atom. The average Bonchev–Trinajstić information content (AvgIpc) is 2.73. The summed E-state index contributed by atoms with van der Waals surface area (Å²) in [6.45, 7) is 2.22. The van der Waals surface area contributed by atoms with Gasteiger partial charge in [0.15, 0.2) is 0 Å². The zero-order valence-corrected chi connectivity index (χ0v) is 17.1. The van der Waals surface area contributed by atoms with Crippen molar-refractivity contribution in [3.63, 3.8) is 0 Å². The monoisotopic (exact) mass is 417 g/mol. The molecular formula is C23H20ClN5O. The third-order valence-electron chi connectivity index (χ3n) is 4.82. The molecule has 30 heavy (non-hydrogen) atoms. The van der Waals surface area contributed by atoms with Gasteiger partial charge < -0.3 is 11.1 Å². The van der Waals surface area contributed by atoms with Crippen molar-refractivity contribution in [1.82, 2.24) is 20.3 Å². The van der Waals surface area contributed by atoms with E-state index in [0.717, 1.165) is 33.3 Å². The highest BCUT2D eigenvalue weighted by atomic mass is 35.5. The molecule has 1 aromatic carbocycles. The molecule has 0 spiro atoms. The van der Waals surface area contributed by atoms with Gasteiger partial charge in [-0.1, -0.05) is 17.7 Å². The summed E-state index contributed by atoms with van der Waals surface area (Å²) in [6.07, 6.45) is 4.12. The Kier molecular flexibility index (Phi) is 5.59. The Labute approximate surface area is 179 Å². The molecule has 0 fully saturated rings. The van der Waals surface area contributed by atoms with Gasteiger partial charge in [0.25, 0.3) is 5.91 Å². The average molecular weight is 418 g/mol. The van der Waals surface area contributed by atoms with Gasteiger partial charge >= 0.3 is 0 Å². The number of aryl methyl sites for hydroxylation is 1. The van der Waals surface area contributed by atoms with E-state index in [-0.39, 0.29) is 5.91 Å². The van der Waals surface area contributed by atoms with Crippen LogP contribution in [0, 0.1) is 6.92 Å². The van der Waals surface area contributed by atoms with Crippen LogP contribution in [0.15, 0.2) is 60.9 Å². The minimum atomic E-state index is -0.239. The molecule has 3 heterocycles. The van der Waals surface area contributed by atoms with E-state index in [9.17, 15) is 4.79 Å². The fraction of sp³-hybridized carbons (Fsp3) is 0.130. The van der Waals surface area contributed by atoms with E-state index in [2.05, 4.69) is 26.3 Å². The fourth-order valence-corrected chi connectivity index (χ4v) is 3.43. The highest BCUT2D eigenvalue weighted by Gasteiger charge is 2.10. The molecule has 4 rings (SSSR count). The number of pyridine rings is 3. The zero-order valence-electron chi connectivity index (χ0n) is 16.4. The number of halogens is 1. The molecule has 0 bridgehead atoms. The summed E-state index contributed by atoms with van der Waals surface area (Å²) in [4.78, 5) is 25.5. The summed E-state index contributed by atoms with van der Waals surface area (Å²) in [6, 6.07) is 15.0. The van der Waals surface area contributed by atoms with Gasteiger partial charge in [0.1, 0.15) is 11.5 Å². The minimum absolute atomic E-state index is 0.239. The number of nitrogens with one attached hydrogen (secondary N) is 1. The Hall–Kier alpha value is -3.51. The normalized spacial score (nSPS) is 10.9. The molecule has 0 saturated carbocycles. The number of amides is 1. The first-order chi connectivity index (χ1) is 14.5. The number of nitrogen functional groups attached to an aromatic ring is 1. The number of rotatable bonds is 5. The summed E-state index contributed by atoms with van der Waals surface area (Å²) in [5.74, 6) is 0.221. The standard InChI is InChI=1S/C23H20ClN5O/c1-14-17(2-5-22(25)29-14)13-28-23(30)21-10-15(6-7-26-21)8-16-9-18-11-19(24)3-4-20(18)27-12-16/h2-7,9-12H,8,13H2,1H3,(H2,25,29)(H,28,30). The molecular weight excluding hydrogens is 398 g/mol. The van der Waals surface area contributed by atoms with Crippen molar-refractivity contribution < 1.29 is 4.79 Å². The lowest BCUT2D eigenvalue weighted by Gasteiger charge is -2.09. The van der Waals surface area contributed by atoms with Gasteiger partial charge in [-0.2, -0.15) is 0 Å². The quantitative estimate of drug-likeness (QED) is 0.510. The third kappa shape index (κ3) is 4.55. The van der Waals surface area contributed by atoms with Gasteiger partial charge in [-0.25, -0.2) is 4.98 Å². The van der Waals surface area contributed by atoms with Crippen molar-refractivity contribution >= 4 is 34.2 Å². The van der Waals surface area contributed by atoms with Gasteiger partial charge in [-0.05, 0) is 72.5 Å². The van der Waals surface area contributed by atoms with Crippen molar-refractivity contribution in [3.8, 4) is 0 Å². The zero-order chi connectivity index (χ0) is 21.1. The predicted octanol–water partition coefficient (Wildman–Crippen LogP) is 4.09. The Balaban J connectivity index is 1.47. The van der Waals surface area contributed by atoms with E-state index >= 15 is 0 Å². The second-order valence-corrected chi connectivity index (χ2v) is 7.51. The molecule has 7 heteroatoms. The first kappa shape index (κ1) is 19.8. The van der Waals surface area contributed by atoms with Crippen LogP contribution in [0.4, 0.5) is 5.82 Å². The third-order valence-corrected chi connectivity index (χ3v) is 5.06. The Bertz CT molecular complexity index is 1240. The number of carbonyl (C=O) groups excluding carboxylic acids is 1. The number of anilines is 1. The predicted molar refractivity (Wildman–Crippen MR) is 118 cm³/mol. The number of aromatic nitrogens is 3. The molecule has 0 aliphatic heterocycles. The lowest BCUT2D eigenvalue weighted by Crippen LogP contribution is -2.24. The van der Waals surface area contributed by atoms with Crippen LogP contribution in [0.3, 0.4) is 0 Å². The van der Waals surface area contributed by atoms with Crippen molar-refractivity contribution in [3.05, 3.63) is 94.0 Å². The van der Waals surface area contributed by atoms with Gasteiger partial charge in [-0.3, -0.25) is 14.8 Å². The fourth-order valence-electron chi connectivity index (χ4n) is 3.25. The molecule has 4 aromatic rings. The summed E-state index contributed by atoms with van der Waals surface area (Å²) in [5, 5.41) is 4.55. The number of carbonyl (C=O) groups is 1. The maximum atomic E-state index is 12.6. The van der Waals surface area contributed by atoms with Crippen LogP contribution in [-0.4, -0.2) is 20.9 Å². The molecule has 3 aromatic heterocycles. The lowest BCUT2D eigenvalue weighted by molar-refractivity contribution is 0.0945. The highest BCUT2D eigenvalue weighted by molar-refractivity contribution is 6.31. The molecule has 0 atom stereocenters. The largest absolute Gasteiger partial charge is 0.384 e. The van der Waals surface area contributed by atoms with Gasteiger partial charge in [0.2, 0.25) is 0 Å². The smallest absolute Gasteiger partial charge is 0.270 e. The molecule has 150 valence electrons. The minimum Gasteiger partial charge on any atom is -0.384 e. The Morgan fingerprint density at radius 3 is 2.77 bits per heavy atom. The van der Waals surface area contributed by atoms with Crippen molar-refractivity contribution in [2.75, 3.05) is 5.73 Å². The van der Waals surface area contributed by atoms with Crippen LogP contribution >= 0.6 is 11.6 Å². The molecule has 3 N–H and O–H groups in total. The first-order valence-electron chi connectivity index (χ1n) is 9.47. The molecule has 1 amide bonds. The second-order valence-electron chi connectivity index (χ2n) is 7.07. The number of hydrogen-bond donors (Lipinski definition) is 2. The van der Waals surface area contributed by atoms with Crippen molar-refractivity contribution in [2.24, 2.45) is 0 Å². The number of nitrogens with two attached hydrogens (primary N) is 1. The maximum Gasteiger partial charge on any atom is 0.270 e. The summed E-state index contributed by atoms with van der Waals surface area (Å²) in [7, 11) is 0. The van der Waals surface area contributed by atoms with E-state index in [1.165, 1.54) is 0 Å². The highest BCUT2D eigenvalue weighted by Crippen LogP contribution is 2.20. The van der Waals surface area contributed by atoms with E-state index in [0.29, 0.717) is 29.5 Å². The van der Waals surface area contributed by atoms with Crippen LogP contribution in [0.5, 0.6) is 0 Å². The molecule has 0 radical (unpaired) electrons. The molecule has 0 unspecified atom stereocenters. The van der Waals surface area contributed by atoms with E-state index in [1.54, 1.807) is 18.3 Å². The number of hydrogen-bond acceptors (Lipinski definition) is 5. The van der Waals surface area contributed by atoms with Crippen LogP contribution < -0.4 is 11.1 Å². The van der Waals surface area contributed by atoms with Crippen LogP contribution in [-0.2, 0) is 13.0 Å². The van der Waals surface area contributed by atoms with Crippen LogP contribution in [0.2, 0.25) is 5.02 Å². The summed E-state index contributed by atoms with van der Waals surface area (Å²) in [5.41, 5.74) is 10.6. The van der Waals surface area contributed by atoms with Gasteiger partial charge in [-0.15, -0.1) is 0 Å². The van der Waals surface area contributed by atoms with E-state index in [1.807, 2.05) is 43.5 Å².